The minimum atomic E-state index is -4.13. The third kappa shape index (κ3) is 3.32. The van der Waals surface area contributed by atoms with E-state index in [1.165, 1.54) is 27.2 Å². The monoisotopic (exact) mass is 455 g/mol. The summed E-state index contributed by atoms with van der Waals surface area (Å²) in [4.78, 5) is 17.5. The van der Waals surface area contributed by atoms with Crippen molar-refractivity contribution in [2.24, 2.45) is 0 Å². The Kier molecular flexibility index (Phi) is 4.90. The molecule has 0 amide bonds. The number of hydrogen-bond donors (Lipinski definition) is 1. The predicted octanol–water partition coefficient (Wildman–Crippen LogP) is 1.87. The summed E-state index contributed by atoms with van der Waals surface area (Å²) >= 11 is 0. The first kappa shape index (κ1) is 20.5. The highest BCUT2D eigenvalue weighted by Crippen LogP contribution is 2.27. The molecular weight excluding hydrogens is 435 g/mol. The van der Waals surface area contributed by atoms with Crippen LogP contribution in [0.3, 0.4) is 0 Å². The van der Waals surface area contributed by atoms with Crippen molar-refractivity contribution >= 4 is 32.3 Å². The van der Waals surface area contributed by atoms with Gasteiger partial charge in [0.15, 0.2) is 0 Å². The van der Waals surface area contributed by atoms with Crippen molar-refractivity contribution in [1.29, 1.82) is 0 Å². The number of anilines is 1. The van der Waals surface area contributed by atoms with Gasteiger partial charge < -0.3 is 10.5 Å². The minimum absolute atomic E-state index is 0.0514. The molecule has 164 valence electrons. The average Bonchev–Trinajstić information content (AvgIpc) is 3.29. The SMILES string of the molecule is Nc1c(S(=O)(=O)c2ccc(F)cc2)cc2c(=O)n3ccccc3nc2[n+]1C[C@@H]1CCCO1. The van der Waals surface area contributed by atoms with Crippen molar-refractivity contribution in [2.45, 2.75) is 35.3 Å². The summed E-state index contributed by atoms with van der Waals surface area (Å²) in [7, 11) is -4.13. The van der Waals surface area contributed by atoms with Gasteiger partial charge in [0.25, 0.3) is 11.2 Å². The zero-order chi connectivity index (χ0) is 22.5. The number of nitrogens with zero attached hydrogens (tertiary/aromatic N) is 3. The summed E-state index contributed by atoms with van der Waals surface area (Å²) in [6, 6.07) is 10.9. The van der Waals surface area contributed by atoms with Crippen molar-refractivity contribution < 1.29 is 22.1 Å². The summed E-state index contributed by atoms with van der Waals surface area (Å²) in [5.74, 6) is -0.609. The number of benzene rings is 1. The molecule has 1 aliphatic heterocycles. The highest BCUT2D eigenvalue weighted by molar-refractivity contribution is 7.91. The van der Waals surface area contributed by atoms with Crippen LogP contribution in [0.15, 0.2) is 69.3 Å². The maximum atomic E-state index is 13.4. The van der Waals surface area contributed by atoms with Crippen LogP contribution in [0.25, 0.3) is 16.7 Å². The first-order chi connectivity index (χ1) is 15.4. The Balaban J connectivity index is 1.83. The van der Waals surface area contributed by atoms with Gasteiger partial charge in [0.2, 0.25) is 21.3 Å². The number of aromatic nitrogens is 3. The molecule has 3 aromatic heterocycles. The maximum Gasteiger partial charge on any atom is 0.278 e. The standard InChI is InChI=1S/C22H19FN4O4S/c23-14-6-8-16(9-7-14)32(29,30)18-12-17-21(25-19-5-1-2-10-26(19)22(17)28)27(20(18)24)13-15-4-3-11-31-15/h1-2,5-10,12,15,24H,3-4,11,13H2/p+1/t15-/m0/s1. The van der Waals surface area contributed by atoms with Crippen LogP contribution in [-0.2, 0) is 21.1 Å². The number of ether oxygens (including phenoxy) is 1. The Morgan fingerprint density at radius 3 is 2.72 bits per heavy atom. The molecule has 10 heteroatoms. The van der Waals surface area contributed by atoms with Crippen molar-refractivity contribution in [3.05, 3.63) is 70.9 Å². The Hall–Kier alpha value is -3.37. The predicted molar refractivity (Wildman–Crippen MR) is 114 cm³/mol. The lowest BCUT2D eigenvalue weighted by Crippen LogP contribution is -2.45. The fourth-order valence-corrected chi connectivity index (χ4v) is 5.41. The van der Waals surface area contributed by atoms with Crippen LogP contribution in [0.5, 0.6) is 0 Å². The van der Waals surface area contributed by atoms with Crippen molar-refractivity contribution in [3.8, 4) is 0 Å². The van der Waals surface area contributed by atoms with Gasteiger partial charge in [-0.15, -0.1) is 0 Å². The number of halogens is 1. The van der Waals surface area contributed by atoms with Crippen LogP contribution in [0.2, 0.25) is 0 Å². The largest absolute Gasteiger partial charge is 0.375 e. The molecule has 1 atom stereocenters. The summed E-state index contributed by atoms with van der Waals surface area (Å²) < 4.78 is 48.8. The van der Waals surface area contributed by atoms with Gasteiger partial charge in [0, 0.05) is 12.8 Å². The maximum absolute atomic E-state index is 13.4. The molecule has 4 aromatic rings. The van der Waals surface area contributed by atoms with E-state index in [4.69, 9.17) is 10.5 Å². The zero-order valence-electron chi connectivity index (χ0n) is 16.9. The van der Waals surface area contributed by atoms with Gasteiger partial charge in [0.05, 0.1) is 17.5 Å². The normalized spacial score (nSPS) is 16.7. The van der Waals surface area contributed by atoms with E-state index in [1.807, 2.05) is 0 Å². The molecular formula is C22H20FN4O4S+. The highest BCUT2D eigenvalue weighted by atomic mass is 32.2. The van der Waals surface area contributed by atoms with E-state index in [9.17, 15) is 17.6 Å². The molecule has 0 radical (unpaired) electrons. The van der Waals surface area contributed by atoms with E-state index >= 15 is 0 Å². The third-order valence-electron chi connectivity index (χ3n) is 5.65. The number of fused-ring (bicyclic) bond motifs is 2. The molecule has 1 fully saturated rings. The van der Waals surface area contributed by atoms with Gasteiger partial charge in [-0.05, 0) is 55.3 Å². The number of nitrogen functional groups attached to an aromatic ring is 1. The van der Waals surface area contributed by atoms with Gasteiger partial charge in [-0.1, -0.05) is 11.1 Å². The van der Waals surface area contributed by atoms with Crippen LogP contribution < -0.4 is 15.9 Å². The summed E-state index contributed by atoms with van der Waals surface area (Å²) in [5, 5.41) is 0.113. The topological polar surface area (TPSA) is 108 Å². The van der Waals surface area contributed by atoms with E-state index in [-0.39, 0.29) is 39.3 Å². The number of sulfone groups is 1. The number of nitrogens with two attached hydrogens (primary N) is 1. The first-order valence-corrected chi connectivity index (χ1v) is 11.6. The summed E-state index contributed by atoms with van der Waals surface area (Å²) in [5.41, 5.74) is 6.67. The van der Waals surface area contributed by atoms with E-state index in [0.29, 0.717) is 12.3 Å². The van der Waals surface area contributed by atoms with Crippen molar-refractivity contribution in [2.75, 3.05) is 12.3 Å². The number of pyridine rings is 2. The van der Waals surface area contributed by atoms with Crippen molar-refractivity contribution in [3.63, 3.8) is 0 Å². The molecule has 5 rings (SSSR count). The lowest BCUT2D eigenvalue weighted by Gasteiger charge is -2.15. The molecule has 32 heavy (non-hydrogen) atoms. The molecule has 0 bridgehead atoms. The molecule has 0 spiro atoms. The van der Waals surface area contributed by atoms with Crippen LogP contribution >= 0.6 is 0 Å². The number of hydrogen-bond acceptors (Lipinski definition) is 6. The lowest BCUT2D eigenvalue weighted by molar-refractivity contribution is -0.667. The second-order valence-electron chi connectivity index (χ2n) is 7.68. The van der Waals surface area contributed by atoms with E-state index in [2.05, 4.69) is 4.98 Å². The summed E-state index contributed by atoms with van der Waals surface area (Å²) in [6.45, 7) is 0.861. The van der Waals surface area contributed by atoms with Gasteiger partial charge in [-0.25, -0.2) is 17.4 Å². The van der Waals surface area contributed by atoms with Crippen LogP contribution in [0, 0.1) is 5.82 Å². The Labute approximate surface area is 182 Å². The molecule has 0 saturated carbocycles. The summed E-state index contributed by atoms with van der Waals surface area (Å²) in [6.07, 6.45) is 3.06. The molecule has 1 aromatic carbocycles. The second-order valence-corrected chi connectivity index (χ2v) is 9.60. The second kappa shape index (κ2) is 7.64. The van der Waals surface area contributed by atoms with E-state index < -0.39 is 21.2 Å². The molecule has 4 heterocycles. The molecule has 8 nitrogen and oxygen atoms in total. The van der Waals surface area contributed by atoms with E-state index in [0.717, 1.165) is 25.0 Å². The average molecular weight is 455 g/mol. The number of rotatable bonds is 4. The molecule has 0 aliphatic carbocycles. The van der Waals surface area contributed by atoms with Gasteiger partial charge >= 0.3 is 0 Å². The molecule has 2 N–H and O–H groups in total. The third-order valence-corrected chi connectivity index (χ3v) is 7.45. The van der Waals surface area contributed by atoms with Gasteiger partial charge in [-0.3, -0.25) is 9.20 Å². The Bertz CT molecular complexity index is 1510. The zero-order valence-corrected chi connectivity index (χ0v) is 17.8. The van der Waals surface area contributed by atoms with Crippen LogP contribution in [0.4, 0.5) is 10.2 Å². The highest BCUT2D eigenvalue weighted by Gasteiger charge is 2.31. The molecule has 1 aliphatic rings. The molecule has 0 unspecified atom stereocenters. The van der Waals surface area contributed by atoms with E-state index in [1.54, 1.807) is 24.4 Å². The van der Waals surface area contributed by atoms with Crippen LogP contribution in [0.1, 0.15) is 12.8 Å². The Morgan fingerprint density at radius 1 is 1.22 bits per heavy atom. The minimum Gasteiger partial charge on any atom is -0.375 e. The van der Waals surface area contributed by atoms with Crippen molar-refractivity contribution in [1.82, 2.24) is 9.38 Å². The van der Waals surface area contributed by atoms with Crippen LogP contribution in [-0.4, -0.2) is 30.5 Å². The fraction of sp³-hybridized carbons (Fsp3) is 0.227. The lowest BCUT2D eigenvalue weighted by atomic mass is 10.2. The smallest absolute Gasteiger partial charge is 0.278 e. The quantitative estimate of drug-likeness (QED) is 0.286. The van der Waals surface area contributed by atoms with Gasteiger partial charge in [0.1, 0.15) is 16.1 Å². The first-order valence-electron chi connectivity index (χ1n) is 10.1. The van der Waals surface area contributed by atoms with Gasteiger partial charge in [-0.2, -0.15) is 0 Å². The molecule has 1 saturated heterocycles. The Morgan fingerprint density at radius 2 is 2.00 bits per heavy atom. The fourth-order valence-electron chi connectivity index (χ4n) is 4.01.